The summed E-state index contributed by atoms with van der Waals surface area (Å²) < 4.78 is 7.15. The number of aromatic nitrogens is 4. The molecule has 0 radical (unpaired) electrons. The summed E-state index contributed by atoms with van der Waals surface area (Å²) in [6.45, 7) is 4.16. The molecule has 0 aliphatic rings. The molecule has 0 aliphatic heterocycles. The quantitative estimate of drug-likeness (QED) is 0.779. The molecule has 0 spiro atoms. The molecule has 0 bridgehead atoms. The third kappa shape index (κ3) is 2.67. The third-order valence-corrected chi connectivity index (χ3v) is 3.50. The Kier molecular flexibility index (Phi) is 3.47. The van der Waals surface area contributed by atoms with Gasteiger partial charge in [0.25, 0.3) is 5.89 Å². The molecule has 6 nitrogen and oxygen atoms in total. The lowest BCUT2D eigenvalue weighted by atomic mass is 10.0. The molecule has 6 heteroatoms. The second-order valence-corrected chi connectivity index (χ2v) is 5.40. The Morgan fingerprint density at radius 1 is 1.33 bits per heavy atom. The lowest BCUT2D eigenvalue weighted by Crippen LogP contribution is -2.21. The van der Waals surface area contributed by atoms with Gasteiger partial charge in [0.15, 0.2) is 5.82 Å². The monoisotopic (exact) mass is 286 g/mol. The van der Waals surface area contributed by atoms with Crippen LogP contribution in [0.1, 0.15) is 38.4 Å². The minimum absolute atomic E-state index is 0.267. The Balaban J connectivity index is 1.84. The van der Waals surface area contributed by atoms with Crippen molar-refractivity contribution < 1.29 is 9.63 Å². The van der Waals surface area contributed by atoms with Gasteiger partial charge < -0.3 is 14.2 Å². The highest BCUT2D eigenvalue weighted by atomic mass is 16.5. The summed E-state index contributed by atoms with van der Waals surface area (Å²) in [4.78, 5) is 8.63. The van der Waals surface area contributed by atoms with E-state index in [1.165, 1.54) is 0 Å². The topological polar surface area (TPSA) is 77.0 Å². The number of para-hydroxylation sites is 2. The SMILES string of the molecule is CCCC(C)(O)c1nc(Cn2cnc3ccccc32)no1. The van der Waals surface area contributed by atoms with Crippen LogP contribution in [0.3, 0.4) is 0 Å². The first-order chi connectivity index (χ1) is 10.1. The van der Waals surface area contributed by atoms with Gasteiger partial charge in [0.2, 0.25) is 0 Å². The van der Waals surface area contributed by atoms with Crippen LogP contribution in [0, 0.1) is 0 Å². The number of hydrogen-bond donors (Lipinski definition) is 1. The van der Waals surface area contributed by atoms with Crippen LogP contribution in [0.25, 0.3) is 11.0 Å². The molecule has 21 heavy (non-hydrogen) atoms. The predicted octanol–water partition coefficient (Wildman–Crippen LogP) is 2.48. The van der Waals surface area contributed by atoms with E-state index in [2.05, 4.69) is 15.1 Å². The Labute approximate surface area is 122 Å². The minimum Gasteiger partial charge on any atom is -0.380 e. The van der Waals surface area contributed by atoms with Gasteiger partial charge in [-0.2, -0.15) is 4.98 Å². The fraction of sp³-hybridized carbons (Fsp3) is 0.400. The van der Waals surface area contributed by atoms with Crippen LogP contribution < -0.4 is 0 Å². The molecule has 1 unspecified atom stereocenters. The van der Waals surface area contributed by atoms with Crippen molar-refractivity contribution in [2.45, 2.75) is 38.8 Å². The first-order valence-corrected chi connectivity index (χ1v) is 7.05. The second-order valence-electron chi connectivity index (χ2n) is 5.40. The van der Waals surface area contributed by atoms with Gasteiger partial charge in [0, 0.05) is 0 Å². The molecule has 0 saturated carbocycles. The molecule has 110 valence electrons. The van der Waals surface area contributed by atoms with Crippen molar-refractivity contribution in [2.75, 3.05) is 0 Å². The maximum atomic E-state index is 10.3. The molecule has 2 aromatic heterocycles. The van der Waals surface area contributed by atoms with Gasteiger partial charge in [0.1, 0.15) is 5.60 Å². The van der Waals surface area contributed by atoms with Gasteiger partial charge in [0.05, 0.1) is 23.9 Å². The first-order valence-electron chi connectivity index (χ1n) is 7.05. The maximum Gasteiger partial charge on any atom is 0.258 e. The number of hydrogen-bond acceptors (Lipinski definition) is 5. The molecule has 1 N–H and O–H groups in total. The molecule has 3 aromatic rings. The molecule has 0 saturated heterocycles. The minimum atomic E-state index is -1.07. The van der Waals surface area contributed by atoms with E-state index in [0.717, 1.165) is 17.5 Å². The number of imidazole rings is 1. The largest absolute Gasteiger partial charge is 0.380 e. The molecule has 1 atom stereocenters. The molecular formula is C15H18N4O2. The summed E-state index contributed by atoms with van der Waals surface area (Å²) in [5.74, 6) is 0.799. The van der Waals surface area contributed by atoms with Crippen LogP contribution in [0.2, 0.25) is 0 Å². The zero-order valence-electron chi connectivity index (χ0n) is 12.2. The highest BCUT2D eigenvalue weighted by Gasteiger charge is 2.29. The van der Waals surface area contributed by atoms with E-state index in [-0.39, 0.29) is 5.89 Å². The Bertz CT molecular complexity index is 745. The second kappa shape index (κ2) is 5.29. The average Bonchev–Trinajstić information content (AvgIpc) is 3.08. The molecule has 0 aliphatic carbocycles. The molecule has 0 fully saturated rings. The molecule has 0 amide bonds. The fourth-order valence-electron chi connectivity index (χ4n) is 2.42. The van der Waals surface area contributed by atoms with Gasteiger partial charge in [-0.1, -0.05) is 30.6 Å². The number of aliphatic hydroxyl groups is 1. The third-order valence-electron chi connectivity index (χ3n) is 3.50. The van der Waals surface area contributed by atoms with E-state index in [0.29, 0.717) is 18.8 Å². The van der Waals surface area contributed by atoms with Crippen LogP contribution in [-0.2, 0) is 12.1 Å². The van der Waals surface area contributed by atoms with Crippen molar-refractivity contribution >= 4 is 11.0 Å². The van der Waals surface area contributed by atoms with E-state index >= 15 is 0 Å². The predicted molar refractivity (Wildman–Crippen MR) is 77.6 cm³/mol. The van der Waals surface area contributed by atoms with Crippen LogP contribution in [0.15, 0.2) is 35.1 Å². The summed E-state index contributed by atoms with van der Waals surface area (Å²) in [7, 11) is 0. The van der Waals surface area contributed by atoms with E-state index in [1.807, 2.05) is 35.8 Å². The van der Waals surface area contributed by atoms with Crippen molar-refractivity contribution in [2.24, 2.45) is 0 Å². The van der Waals surface area contributed by atoms with Crippen molar-refractivity contribution in [1.29, 1.82) is 0 Å². The zero-order valence-corrected chi connectivity index (χ0v) is 12.2. The molecule has 1 aromatic carbocycles. The normalized spacial score (nSPS) is 14.4. The van der Waals surface area contributed by atoms with E-state index in [9.17, 15) is 5.11 Å². The molecular weight excluding hydrogens is 268 g/mol. The fourth-order valence-corrected chi connectivity index (χ4v) is 2.42. The van der Waals surface area contributed by atoms with Crippen molar-refractivity contribution in [3.63, 3.8) is 0 Å². The first kappa shape index (κ1) is 13.8. The number of nitrogens with zero attached hydrogens (tertiary/aromatic N) is 4. The van der Waals surface area contributed by atoms with E-state index in [1.54, 1.807) is 13.3 Å². The number of fused-ring (bicyclic) bond motifs is 1. The Morgan fingerprint density at radius 3 is 2.95 bits per heavy atom. The standard InChI is InChI=1S/C15H18N4O2/c1-3-8-15(2,20)14-17-13(18-21-14)9-19-10-16-11-6-4-5-7-12(11)19/h4-7,10,20H,3,8-9H2,1-2H3. The van der Waals surface area contributed by atoms with Crippen molar-refractivity contribution in [3.05, 3.63) is 42.3 Å². The highest BCUT2D eigenvalue weighted by molar-refractivity contribution is 5.74. The van der Waals surface area contributed by atoms with Gasteiger partial charge >= 0.3 is 0 Å². The lowest BCUT2D eigenvalue weighted by molar-refractivity contribution is 0.0138. The molecule has 2 heterocycles. The zero-order chi connectivity index (χ0) is 14.9. The smallest absolute Gasteiger partial charge is 0.258 e. The maximum absolute atomic E-state index is 10.3. The van der Waals surface area contributed by atoms with Gasteiger partial charge in [-0.05, 0) is 25.5 Å². The van der Waals surface area contributed by atoms with Gasteiger partial charge in [-0.15, -0.1) is 0 Å². The van der Waals surface area contributed by atoms with Crippen LogP contribution in [0.5, 0.6) is 0 Å². The Hall–Kier alpha value is -2.21. The van der Waals surface area contributed by atoms with Crippen LogP contribution in [-0.4, -0.2) is 24.8 Å². The molecule has 3 rings (SSSR count). The lowest BCUT2D eigenvalue weighted by Gasteiger charge is -2.16. The summed E-state index contributed by atoms with van der Waals surface area (Å²) in [5, 5.41) is 14.2. The van der Waals surface area contributed by atoms with E-state index < -0.39 is 5.60 Å². The van der Waals surface area contributed by atoms with Crippen LogP contribution >= 0.6 is 0 Å². The van der Waals surface area contributed by atoms with Gasteiger partial charge in [-0.25, -0.2) is 4.98 Å². The number of rotatable bonds is 5. The van der Waals surface area contributed by atoms with Crippen LogP contribution in [0.4, 0.5) is 0 Å². The van der Waals surface area contributed by atoms with E-state index in [4.69, 9.17) is 4.52 Å². The van der Waals surface area contributed by atoms with Crippen molar-refractivity contribution in [3.8, 4) is 0 Å². The van der Waals surface area contributed by atoms with Gasteiger partial charge in [-0.3, -0.25) is 0 Å². The Morgan fingerprint density at radius 2 is 2.14 bits per heavy atom. The summed E-state index contributed by atoms with van der Waals surface area (Å²) in [6, 6.07) is 7.87. The summed E-state index contributed by atoms with van der Waals surface area (Å²) in [5.41, 5.74) is 0.875. The van der Waals surface area contributed by atoms with Crippen molar-refractivity contribution in [1.82, 2.24) is 19.7 Å². The summed E-state index contributed by atoms with van der Waals surface area (Å²) >= 11 is 0. The highest BCUT2D eigenvalue weighted by Crippen LogP contribution is 2.24. The number of benzene rings is 1. The average molecular weight is 286 g/mol. The summed E-state index contributed by atoms with van der Waals surface area (Å²) in [6.07, 6.45) is 3.18.